The highest BCUT2D eigenvalue weighted by Crippen LogP contribution is 2.18. The zero-order chi connectivity index (χ0) is 17.9. The van der Waals surface area contributed by atoms with Gasteiger partial charge in [-0.3, -0.25) is 0 Å². The number of hydrogen-bond acceptors (Lipinski definition) is 5. The van der Waals surface area contributed by atoms with Crippen LogP contribution in [0.25, 0.3) is 0 Å². The van der Waals surface area contributed by atoms with Crippen molar-refractivity contribution in [3.63, 3.8) is 0 Å². The van der Waals surface area contributed by atoms with Crippen LogP contribution in [0.15, 0.2) is 24.3 Å². The summed E-state index contributed by atoms with van der Waals surface area (Å²) in [6.07, 6.45) is 5.57. The van der Waals surface area contributed by atoms with Crippen molar-refractivity contribution < 1.29 is 11.0 Å². The van der Waals surface area contributed by atoms with E-state index in [1.165, 1.54) is 6.42 Å². The molecule has 0 unspecified atom stereocenters. The number of rotatable bonds is 9. The van der Waals surface area contributed by atoms with Crippen LogP contribution in [0, 0.1) is 5.41 Å². The molecule has 0 heterocycles. The summed E-state index contributed by atoms with van der Waals surface area (Å²) in [7, 11) is 0. The molecule has 0 aliphatic heterocycles. The zero-order valence-corrected chi connectivity index (χ0v) is 14.6. The van der Waals surface area contributed by atoms with E-state index in [-0.39, 0.29) is 8.85 Å². The van der Waals surface area contributed by atoms with Gasteiger partial charge in [-0.05, 0) is 51.4 Å². The van der Waals surface area contributed by atoms with Gasteiger partial charge in [0.2, 0.25) is 0 Å². The number of unbranched alkanes of at least 4 members (excludes halogenated alkanes) is 3. The largest absolute Gasteiger partial charge is 0.493 e. The van der Waals surface area contributed by atoms with Gasteiger partial charge in [-0.25, -0.2) is 0 Å². The lowest BCUT2D eigenvalue weighted by molar-refractivity contribution is -0.0979. The Hall–Kier alpha value is -1.72. The molecule has 24 heavy (non-hydrogen) atoms. The SMILES string of the molecule is C.C=O.CC(=N)c1ccccc1OCCCCCCN.CCCN.[HH]. The number of carbonyl (C=O) groups is 1. The monoisotopic (exact) mass is 341 g/mol. The smallest absolute Gasteiger partial charge is 0.128 e. The number of carbonyl (C=O) groups excluding carboxylic acids is 1. The second-order valence-electron chi connectivity index (χ2n) is 4.96. The minimum atomic E-state index is 0. The van der Waals surface area contributed by atoms with Gasteiger partial charge in [0.25, 0.3) is 0 Å². The maximum absolute atomic E-state index is 8.00. The summed E-state index contributed by atoms with van der Waals surface area (Å²) >= 11 is 0. The van der Waals surface area contributed by atoms with Crippen molar-refractivity contribution in [1.29, 1.82) is 5.41 Å². The Balaban J connectivity index is -0.000000243. The highest BCUT2D eigenvalue weighted by molar-refractivity contribution is 5.98. The van der Waals surface area contributed by atoms with Gasteiger partial charge in [0.05, 0.1) is 6.61 Å². The lowest BCUT2D eigenvalue weighted by atomic mass is 10.1. The molecule has 0 aromatic heterocycles. The van der Waals surface area contributed by atoms with Crippen molar-refractivity contribution in [2.24, 2.45) is 11.5 Å². The first-order valence-electron chi connectivity index (χ1n) is 8.13. The van der Waals surface area contributed by atoms with E-state index >= 15 is 0 Å². The van der Waals surface area contributed by atoms with Crippen LogP contribution in [-0.4, -0.2) is 32.2 Å². The molecule has 0 spiro atoms. The number of nitrogens with one attached hydrogen (secondary N) is 1. The first-order chi connectivity index (χ1) is 11.2. The molecule has 1 aromatic carbocycles. The number of para-hydroxylation sites is 1. The molecule has 1 aromatic rings. The van der Waals surface area contributed by atoms with E-state index < -0.39 is 0 Å². The fourth-order valence-electron chi connectivity index (χ4n) is 1.68. The molecule has 0 fully saturated rings. The Morgan fingerprint density at radius 2 is 1.67 bits per heavy atom. The van der Waals surface area contributed by atoms with Crippen molar-refractivity contribution in [2.75, 3.05) is 19.7 Å². The number of nitrogens with two attached hydrogens (primary N) is 2. The summed E-state index contributed by atoms with van der Waals surface area (Å²) in [4.78, 5) is 8.00. The molecule has 0 saturated carbocycles. The molecular formula is C19H39N3O2. The predicted octanol–water partition coefficient (Wildman–Crippen LogP) is 4.02. The quantitative estimate of drug-likeness (QED) is 0.466. The molecule has 0 atom stereocenters. The van der Waals surface area contributed by atoms with Crippen LogP contribution < -0.4 is 16.2 Å². The lowest BCUT2D eigenvalue weighted by Crippen LogP contribution is -2.03. The summed E-state index contributed by atoms with van der Waals surface area (Å²) in [5, 5.41) is 7.65. The highest BCUT2D eigenvalue weighted by atomic mass is 16.5. The van der Waals surface area contributed by atoms with Crippen molar-refractivity contribution in [3.8, 4) is 5.75 Å². The van der Waals surface area contributed by atoms with E-state index in [2.05, 4.69) is 6.92 Å². The molecule has 1 rings (SSSR count). The average Bonchev–Trinajstić information content (AvgIpc) is 2.60. The molecule has 0 aliphatic rings. The molecule has 0 aliphatic carbocycles. The number of ether oxygens (including phenoxy) is 1. The van der Waals surface area contributed by atoms with Gasteiger partial charge in [-0.2, -0.15) is 0 Å². The van der Waals surface area contributed by atoms with Crippen LogP contribution in [0.1, 0.15) is 60.4 Å². The average molecular weight is 342 g/mol. The Labute approximate surface area is 149 Å². The van der Waals surface area contributed by atoms with Crippen LogP contribution >= 0.6 is 0 Å². The molecule has 0 saturated heterocycles. The number of benzene rings is 1. The summed E-state index contributed by atoms with van der Waals surface area (Å²) in [6.45, 7) is 8.15. The molecule has 142 valence electrons. The van der Waals surface area contributed by atoms with Crippen molar-refractivity contribution in [3.05, 3.63) is 29.8 Å². The van der Waals surface area contributed by atoms with Crippen LogP contribution in [-0.2, 0) is 4.79 Å². The van der Waals surface area contributed by atoms with Crippen molar-refractivity contribution >= 4 is 12.5 Å². The van der Waals surface area contributed by atoms with Gasteiger partial charge in [-0.15, -0.1) is 0 Å². The summed E-state index contributed by atoms with van der Waals surface area (Å²) in [6, 6.07) is 7.72. The van der Waals surface area contributed by atoms with Gasteiger partial charge in [0.15, 0.2) is 0 Å². The third-order valence-corrected chi connectivity index (χ3v) is 2.94. The van der Waals surface area contributed by atoms with E-state index in [0.717, 1.165) is 56.7 Å². The normalized spacial score (nSPS) is 8.67. The zero-order valence-electron chi connectivity index (χ0n) is 14.6. The molecular weight excluding hydrogens is 302 g/mol. The molecule has 5 nitrogen and oxygen atoms in total. The Morgan fingerprint density at radius 3 is 2.17 bits per heavy atom. The number of hydrogen-bond donors (Lipinski definition) is 3. The van der Waals surface area contributed by atoms with Crippen molar-refractivity contribution in [1.82, 2.24) is 0 Å². The van der Waals surface area contributed by atoms with Crippen LogP contribution in [0.5, 0.6) is 5.75 Å². The second kappa shape index (κ2) is 21.3. The summed E-state index contributed by atoms with van der Waals surface area (Å²) in [5.74, 6) is 0.818. The van der Waals surface area contributed by atoms with Crippen LogP contribution in [0.3, 0.4) is 0 Å². The topological polar surface area (TPSA) is 102 Å². The molecule has 5 heteroatoms. The lowest BCUT2D eigenvalue weighted by Gasteiger charge is -2.10. The van der Waals surface area contributed by atoms with E-state index in [4.69, 9.17) is 26.4 Å². The predicted molar refractivity (Wildman–Crippen MR) is 107 cm³/mol. The van der Waals surface area contributed by atoms with Gasteiger partial charge >= 0.3 is 0 Å². The third-order valence-electron chi connectivity index (χ3n) is 2.94. The van der Waals surface area contributed by atoms with Gasteiger partial charge < -0.3 is 26.4 Å². The minimum absolute atomic E-state index is 0. The van der Waals surface area contributed by atoms with Gasteiger partial charge in [0, 0.05) is 12.7 Å². The fourth-order valence-corrected chi connectivity index (χ4v) is 1.68. The molecule has 0 amide bonds. The Kier molecular flexibility index (Phi) is 24.1. The van der Waals surface area contributed by atoms with Crippen molar-refractivity contribution in [2.45, 2.75) is 53.4 Å². The standard InChI is InChI=1S/C14H22N2O.C3H9N.CH2O.CH4.H2/c1-12(16)13-8-4-5-9-14(13)17-11-7-3-2-6-10-15;1-2-3-4;1-2;;/h4-5,8-9,16H,2-3,6-7,10-11,15H2,1H3;2-4H2,1H3;1H2;1H4;1H. The molecule has 0 bridgehead atoms. The van der Waals surface area contributed by atoms with E-state index in [0.29, 0.717) is 5.71 Å². The third kappa shape index (κ3) is 15.2. The first-order valence-corrected chi connectivity index (χ1v) is 8.13. The van der Waals surface area contributed by atoms with Crippen LogP contribution in [0.2, 0.25) is 0 Å². The minimum Gasteiger partial charge on any atom is -0.493 e. The maximum atomic E-state index is 8.00. The molecule has 0 radical (unpaired) electrons. The van der Waals surface area contributed by atoms with Crippen LogP contribution in [0.4, 0.5) is 0 Å². The molecule has 5 N–H and O–H groups in total. The maximum Gasteiger partial charge on any atom is 0.128 e. The van der Waals surface area contributed by atoms with Gasteiger partial charge in [-0.1, -0.05) is 39.3 Å². The van der Waals surface area contributed by atoms with Gasteiger partial charge in [0.1, 0.15) is 12.5 Å². The fraction of sp³-hybridized carbons (Fsp3) is 0.579. The van der Waals surface area contributed by atoms with E-state index in [9.17, 15) is 0 Å². The van der Waals surface area contributed by atoms with E-state index in [1.807, 2.05) is 31.1 Å². The first kappa shape index (κ1) is 27.1. The Morgan fingerprint density at radius 1 is 1.12 bits per heavy atom. The van der Waals surface area contributed by atoms with E-state index in [1.54, 1.807) is 6.92 Å². The summed E-state index contributed by atoms with van der Waals surface area (Å²) < 4.78 is 5.71. The Bertz CT molecular complexity index is 402. The second-order valence-corrected chi connectivity index (χ2v) is 4.96. The highest BCUT2D eigenvalue weighted by Gasteiger charge is 2.03. The summed E-state index contributed by atoms with van der Waals surface area (Å²) in [5.41, 5.74) is 11.9.